The van der Waals surface area contributed by atoms with Crippen LogP contribution in [0.2, 0.25) is 0 Å². The van der Waals surface area contributed by atoms with Gasteiger partial charge in [0.2, 0.25) is 0 Å². The Morgan fingerprint density at radius 1 is 1.33 bits per heavy atom. The molecule has 0 radical (unpaired) electrons. The van der Waals surface area contributed by atoms with E-state index < -0.39 is 11.8 Å². The number of anilines is 1. The van der Waals surface area contributed by atoms with E-state index in [4.69, 9.17) is 0 Å². The maximum atomic E-state index is 12.1. The fourth-order valence-corrected chi connectivity index (χ4v) is 2.73. The second-order valence-corrected chi connectivity index (χ2v) is 5.71. The van der Waals surface area contributed by atoms with Crippen LogP contribution in [0.4, 0.5) is 5.69 Å². The maximum absolute atomic E-state index is 12.1. The SMILES string of the molecule is Cc1ccccc1NC(=O)C(=O)N(C)CC1CCCC1O. The average Bonchev–Trinajstić information content (AvgIpc) is 2.86. The van der Waals surface area contributed by atoms with Crippen molar-refractivity contribution in [3.63, 3.8) is 0 Å². The average molecular weight is 290 g/mol. The van der Waals surface area contributed by atoms with Gasteiger partial charge in [-0.25, -0.2) is 0 Å². The second-order valence-electron chi connectivity index (χ2n) is 5.71. The van der Waals surface area contributed by atoms with E-state index in [-0.39, 0.29) is 12.0 Å². The highest BCUT2D eigenvalue weighted by Crippen LogP contribution is 2.26. The van der Waals surface area contributed by atoms with Gasteiger partial charge in [0.05, 0.1) is 6.10 Å². The van der Waals surface area contributed by atoms with Gasteiger partial charge in [0.1, 0.15) is 0 Å². The van der Waals surface area contributed by atoms with Gasteiger partial charge in [-0.1, -0.05) is 24.6 Å². The normalized spacial score (nSPS) is 21.1. The van der Waals surface area contributed by atoms with Crippen LogP contribution >= 0.6 is 0 Å². The smallest absolute Gasteiger partial charge is 0.313 e. The summed E-state index contributed by atoms with van der Waals surface area (Å²) in [6, 6.07) is 7.33. The van der Waals surface area contributed by atoms with E-state index in [9.17, 15) is 14.7 Å². The Kier molecular flexibility index (Phi) is 4.96. The van der Waals surface area contributed by atoms with E-state index in [1.165, 1.54) is 4.90 Å². The Hall–Kier alpha value is -1.88. The van der Waals surface area contributed by atoms with E-state index in [1.807, 2.05) is 25.1 Å². The van der Waals surface area contributed by atoms with Crippen molar-refractivity contribution in [2.45, 2.75) is 32.3 Å². The summed E-state index contributed by atoms with van der Waals surface area (Å²) in [7, 11) is 1.60. The molecule has 2 amide bonds. The first-order chi connectivity index (χ1) is 9.99. The quantitative estimate of drug-likeness (QED) is 0.830. The Bertz CT molecular complexity index is 530. The van der Waals surface area contributed by atoms with Gasteiger partial charge in [-0.15, -0.1) is 0 Å². The number of carbonyl (C=O) groups excluding carboxylic acids is 2. The number of likely N-dealkylation sites (N-methyl/N-ethyl adjacent to an activating group) is 1. The number of carbonyl (C=O) groups is 2. The van der Waals surface area contributed by atoms with E-state index in [2.05, 4.69) is 5.32 Å². The number of rotatable bonds is 3. The summed E-state index contributed by atoms with van der Waals surface area (Å²) in [5.41, 5.74) is 1.55. The number of benzene rings is 1. The van der Waals surface area contributed by atoms with Crippen LogP contribution in [0, 0.1) is 12.8 Å². The topological polar surface area (TPSA) is 69.6 Å². The summed E-state index contributed by atoms with van der Waals surface area (Å²) < 4.78 is 0. The third-order valence-corrected chi connectivity index (χ3v) is 4.06. The number of hydrogen-bond acceptors (Lipinski definition) is 3. The molecule has 0 heterocycles. The van der Waals surface area contributed by atoms with Gasteiger partial charge >= 0.3 is 11.8 Å². The van der Waals surface area contributed by atoms with Crippen LogP contribution in [-0.4, -0.2) is 41.5 Å². The van der Waals surface area contributed by atoms with Gasteiger partial charge in [-0.3, -0.25) is 9.59 Å². The molecule has 2 unspecified atom stereocenters. The van der Waals surface area contributed by atoms with E-state index in [0.29, 0.717) is 12.2 Å². The van der Waals surface area contributed by atoms with Crippen molar-refractivity contribution in [3.05, 3.63) is 29.8 Å². The highest BCUT2D eigenvalue weighted by molar-refractivity contribution is 6.39. The molecule has 2 N–H and O–H groups in total. The van der Waals surface area contributed by atoms with Crippen molar-refractivity contribution < 1.29 is 14.7 Å². The van der Waals surface area contributed by atoms with Crippen molar-refractivity contribution in [2.24, 2.45) is 5.92 Å². The first kappa shape index (κ1) is 15.5. The van der Waals surface area contributed by atoms with Crippen LogP contribution in [0.1, 0.15) is 24.8 Å². The minimum Gasteiger partial charge on any atom is -0.393 e. The van der Waals surface area contributed by atoms with E-state index in [1.54, 1.807) is 13.1 Å². The lowest BCUT2D eigenvalue weighted by atomic mass is 10.1. The van der Waals surface area contributed by atoms with Crippen LogP contribution in [0.3, 0.4) is 0 Å². The molecule has 2 atom stereocenters. The molecule has 1 fully saturated rings. The molecule has 1 aromatic rings. The number of hydrogen-bond donors (Lipinski definition) is 2. The highest BCUT2D eigenvalue weighted by Gasteiger charge is 2.29. The summed E-state index contributed by atoms with van der Waals surface area (Å²) in [5, 5.41) is 12.4. The van der Waals surface area contributed by atoms with E-state index in [0.717, 1.165) is 24.8 Å². The first-order valence-corrected chi connectivity index (χ1v) is 7.29. The molecule has 1 saturated carbocycles. The standard InChI is InChI=1S/C16H22N2O3/c1-11-6-3-4-8-13(11)17-15(20)16(21)18(2)10-12-7-5-9-14(12)19/h3-4,6,8,12,14,19H,5,7,9-10H2,1-2H3,(H,17,20). The maximum Gasteiger partial charge on any atom is 0.313 e. The van der Waals surface area contributed by atoms with E-state index >= 15 is 0 Å². The van der Waals surface area contributed by atoms with Gasteiger partial charge in [0, 0.05) is 25.2 Å². The summed E-state index contributed by atoms with van der Waals surface area (Å²) in [6.45, 7) is 2.29. The monoisotopic (exact) mass is 290 g/mol. The number of aliphatic hydroxyl groups excluding tert-OH is 1. The third-order valence-electron chi connectivity index (χ3n) is 4.06. The lowest BCUT2D eigenvalue weighted by Crippen LogP contribution is -2.41. The van der Waals surface area contributed by atoms with Gasteiger partial charge < -0.3 is 15.3 Å². The molecule has 2 rings (SSSR count). The Morgan fingerprint density at radius 3 is 2.67 bits per heavy atom. The molecule has 5 heteroatoms. The Morgan fingerprint density at radius 2 is 2.05 bits per heavy atom. The molecule has 1 aliphatic rings. The van der Waals surface area contributed by atoms with Crippen molar-refractivity contribution in [1.82, 2.24) is 4.90 Å². The van der Waals surface area contributed by atoms with Gasteiger partial charge in [0.25, 0.3) is 0 Å². The summed E-state index contributed by atoms with van der Waals surface area (Å²) >= 11 is 0. The number of nitrogens with one attached hydrogen (secondary N) is 1. The molecule has 0 saturated heterocycles. The van der Waals surface area contributed by atoms with Gasteiger partial charge in [-0.05, 0) is 31.4 Å². The molecule has 5 nitrogen and oxygen atoms in total. The molecule has 0 aliphatic heterocycles. The molecule has 0 bridgehead atoms. The molecule has 1 aromatic carbocycles. The molecule has 114 valence electrons. The number of aryl methyl sites for hydroxylation is 1. The summed E-state index contributed by atoms with van der Waals surface area (Å²) in [5.74, 6) is -1.14. The molecule has 21 heavy (non-hydrogen) atoms. The molecule has 1 aliphatic carbocycles. The van der Waals surface area contributed by atoms with Crippen molar-refractivity contribution in [1.29, 1.82) is 0 Å². The zero-order valence-corrected chi connectivity index (χ0v) is 12.5. The fraction of sp³-hybridized carbons (Fsp3) is 0.500. The molecular weight excluding hydrogens is 268 g/mol. The lowest BCUT2D eigenvalue weighted by molar-refractivity contribution is -0.142. The van der Waals surface area contributed by atoms with Gasteiger partial charge in [-0.2, -0.15) is 0 Å². The number of nitrogens with zero attached hydrogens (tertiary/aromatic N) is 1. The highest BCUT2D eigenvalue weighted by atomic mass is 16.3. The summed E-state index contributed by atoms with van der Waals surface area (Å²) in [4.78, 5) is 25.5. The minimum absolute atomic E-state index is 0.0743. The van der Waals surface area contributed by atoms with Crippen molar-refractivity contribution in [2.75, 3.05) is 18.9 Å². The molecular formula is C16H22N2O3. The van der Waals surface area contributed by atoms with Crippen molar-refractivity contribution >= 4 is 17.5 Å². The Balaban J connectivity index is 1.92. The second kappa shape index (κ2) is 6.72. The molecule has 0 spiro atoms. The predicted octanol–water partition coefficient (Wildman–Crippen LogP) is 1.55. The zero-order chi connectivity index (χ0) is 15.4. The van der Waals surface area contributed by atoms with Crippen molar-refractivity contribution in [3.8, 4) is 0 Å². The lowest BCUT2D eigenvalue weighted by Gasteiger charge is -2.22. The molecule has 0 aromatic heterocycles. The third kappa shape index (κ3) is 3.82. The number of amides is 2. The zero-order valence-electron chi connectivity index (χ0n) is 12.5. The van der Waals surface area contributed by atoms with Crippen LogP contribution < -0.4 is 5.32 Å². The number of para-hydroxylation sites is 1. The van der Waals surface area contributed by atoms with Crippen LogP contribution in [0.25, 0.3) is 0 Å². The predicted molar refractivity (Wildman–Crippen MR) is 80.8 cm³/mol. The number of aliphatic hydroxyl groups is 1. The van der Waals surface area contributed by atoms with Crippen LogP contribution in [0.5, 0.6) is 0 Å². The first-order valence-electron chi connectivity index (χ1n) is 7.29. The van der Waals surface area contributed by atoms with Gasteiger partial charge in [0.15, 0.2) is 0 Å². The minimum atomic E-state index is -0.640. The summed E-state index contributed by atoms with van der Waals surface area (Å²) in [6.07, 6.45) is 2.29. The van der Waals surface area contributed by atoms with Crippen LogP contribution in [-0.2, 0) is 9.59 Å². The largest absolute Gasteiger partial charge is 0.393 e. The van der Waals surface area contributed by atoms with Crippen LogP contribution in [0.15, 0.2) is 24.3 Å². The fourth-order valence-electron chi connectivity index (χ4n) is 2.73. The Labute approximate surface area is 125 Å².